The van der Waals surface area contributed by atoms with Crippen molar-refractivity contribution in [2.24, 2.45) is 7.05 Å². The summed E-state index contributed by atoms with van der Waals surface area (Å²) in [6.45, 7) is 1.09. The Bertz CT molecular complexity index is 870. The molecule has 1 heterocycles. The molecule has 142 valence electrons. The Kier molecular flexibility index (Phi) is 6.66. The number of aromatic nitrogens is 1. The zero-order valence-corrected chi connectivity index (χ0v) is 16.2. The van der Waals surface area contributed by atoms with Gasteiger partial charge in [-0.05, 0) is 36.0 Å². The molecule has 0 aliphatic rings. The van der Waals surface area contributed by atoms with Crippen LogP contribution in [0.3, 0.4) is 0 Å². The van der Waals surface area contributed by atoms with Crippen molar-refractivity contribution in [3.8, 4) is 0 Å². The molecule has 3 rings (SSSR count). The number of benzene rings is 2. The fourth-order valence-corrected chi connectivity index (χ4v) is 3.64. The van der Waals surface area contributed by atoms with E-state index in [1.807, 2.05) is 6.07 Å². The Balaban J connectivity index is 1.81. The molecule has 0 radical (unpaired) electrons. The van der Waals surface area contributed by atoms with Crippen LogP contribution in [0, 0.1) is 0 Å². The lowest BCUT2D eigenvalue weighted by Gasteiger charge is -2.17. The molecule has 1 amide bonds. The Hall–Kier alpha value is -2.59. The third-order valence-corrected chi connectivity index (χ3v) is 5.05. The highest BCUT2D eigenvalue weighted by atomic mass is 16.5. The molecule has 4 nitrogen and oxygen atoms in total. The van der Waals surface area contributed by atoms with Gasteiger partial charge in [0.1, 0.15) is 0 Å². The second-order valence-electron chi connectivity index (χ2n) is 6.98. The molecule has 0 aliphatic heterocycles. The van der Waals surface area contributed by atoms with Crippen molar-refractivity contribution in [1.29, 1.82) is 0 Å². The lowest BCUT2D eigenvalue weighted by molar-refractivity contribution is -0.121. The maximum atomic E-state index is 12.5. The summed E-state index contributed by atoms with van der Waals surface area (Å²) in [5.41, 5.74) is 3.77. The summed E-state index contributed by atoms with van der Waals surface area (Å²) in [6, 6.07) is 18.9. The number of methoxy groups -OCH3 is 1. The van der Waals surface area contributed by atoms with E-state index >= 15 is 0 Å². The number of nitrogens with zero attached hydrogens (tertiary/aromatic N) is 1. The molecule has 4 heteroatoms. The van der Waals surface area contributed by atoms with E-state index in [0.717, 1.165) is 12.8 Å². The van der Waals surface area contributed by atoms with Gasteiger partial charge in [-0.15, -0.1) is 0 Å². The summed E-state index contributed by atoms with van der Waals surface area (Å²) in [5, 5.41) is 4.20. The minimum absolute atomic E-state index is 0.0815. The quantitative estimate of drug-likeness (QED) is 0.582. The summed E-state index contributed by atoms with van der Waals surface area (Å²) < 4.78 is 7.19. The highest BCUT2D eigenvalue weighted by Crippen LogP contribution is 2.32. The van der Waals surface area contributed by atoms with E-state index in [9.17, 15) is 4.79 Å². The number of rotatable bonds is 9. The number of amides is 1. The van der Waals surface area contributed by atoms with E-state index in [0.29, 0.717) is 19.6 Å². The predicted molar refractivity (Wildman–Crippen MR) is 110 cm³/mol. The largest absolute Gasteiger partial charge is 0.383 e. The van der Waals surface area contributed by atoms with Gasteiger partial charge in [0, 0.05) is 44.2 Å². The lowest BCUT2D eigenvalue weighted by Crippen LogP contribution is -2.28. The van der Waals surface area contributed by atoms with E-state index in [-0.39, 0.29) is 11.8 Å². The van der Waals surface area contributed by atoms with Crippen molar-refractivity contribution in [1.82, 2.24) is 9.88 Å². The predicted octanol–water partition coefficient (Wildman–Crippen LogP) is 4.05. The van der Waals surface area contributed by atoms with Gasteiger partial charge in [0.05, 0.1) is 6.61 Å². The van der Waals surface area contributed by atoms with Crippen LogP contribution in [-0.2, 0) is 23.0 Å². The SMILES string of the molecule is COCCNC(=O)C[C@@H](CCc1ccccc1)c1cn(C)c2ccccc12. The summed E-state index contributed by atoms with van der Waals surface area (Å²) in [4.78, 5) is 12.5. The van der Waals surface area contributed by atoms with Crippen LogP contribution < -0.4 is 5.32 Å². The van der Waals surface area contributed by atoms with Crippen LogP contribution in [0.4, 0.5) is 0 Å². The summed E-state index contributed by atoms with van der Waals surface area (Å²) >= 11 is 0. The number of hydrogen-bond acceptors (Lipinski definition) is 2. The molecule has 0 bridgehead atoms. The van der Waals surface area contributed by atoms with E-state index in [4.69, 9.17) is 4.74 Å². The Labute approximate surface area is 161 Å². The maximum absolute atomic E-state index is 12.5. The van der Waals surface area contributed by atoms with Gasteiger partial charge in [0.2, 0.25) is 5.91 Å². The molecule has 1 aromatic heterocycles. The van der Waals surface area contributed by atoms with E-state index in [1.54, 1.807) is 7.11 Å². The van der Waals surface area contributed by atoms with Crippen LogP contribution in [-0.4, -0.2) is 30.7 Å². The Morgan fingerprint density at radius 3 is 2.63 bits per heavy atom. The molecule has 0 saturated carbocycles. The first-order chi connectivity index (χ1) is 13.2. The third kappa shape index (κ3) is 4.98. The van der Waals surface area contributed by atoms with Crippen molar-refractivity contribution in [2.45, 2.75) is 25.2 Å². The molecular formula is C23H28N2O2. The topological polar surface area (TPSA) is 43.3 Å². The average molecular weight is 364 g/mol. The third-order valence-electron chi connectivity index (χ3n) is 5.05. The molecule has 1 N–H and O–H groups in total. The second kappa shape index (κ2) is 9.38. The van der Waals surface area contributed by atoms with Crippen LogP contribution >= 0.6 is 0 Å². The van der Waals surface area contributed by atoms with Crippen molar-refractivity contribution in [3.05, 3.63) is 71.9 Å². The number of nitrogens with one attached hydrogen (secondary N) is 1. The number of carbonyl (C=O) groups excluding carboxylic acids is 1. The number of carbonyl (C=O) groups is 1. The molecule has 0 fully saturated rings. The summed E-state index contributed by atoms with van der Waals surface area (Å²) in [7, 11) is 3.71. The Morgan fingerprint density at radius 1 is 1.11 bits per heavy atom. The molecular weight excluding hydrogens is 336 g/mol. The number of hydrogen-bond donors (Lipinski definition) is 1. The average Bonchev–Trinajstić information content (AvgIpc) is 3.03. The summed E-state index contributed by atoms with van der Waals surface area (Å²) in [6.07, 6.45) is 4.57. The fraction of sp³-hybridized carbons (Fsp3) is 0.348. The zero-order valence-electron chi connectivity index (χ0n) is 16.2. The standard InChI is InChI=1S/C23H28N2O2/c1-25-17-21(20-10-6-7-11-22(20)25)19(16-23(26)24-14-15-27-2)13-12-18-8-4-3-5-9-18/h3-11,17,19H,12-16H2,1-2H3,(H,24,26)/t19-/m1/s1. The highest BCUT2D eigenvalue weighted by molar-refractivity contribution is 5.85. The van der Waals surface area contributed by atoms with Gasteiger partial charge in [-0.2, -0.15) is 0 Å². The maximum Gasteiger partial charge on any atom is 0.220 e. The fourth-order valence-electron chi connectivity index (χ4n) is 3.64. The minimum Gasteiger partial charge on any atom is -0.383 e. The molecule has 1 atom stereocenters. The zero-order chi connectivity index (χ0) is 19.1. The van der Waals surface area contributed by atoms with Gasteiger partial charge in [-0.3, -0.25) is 4.79 Å². The number of para-hydroxylation sites is 1. The van der Waals surface area contributed by atoms with Crippen molar-refractivity contribution < 1.29 is 9.53 Å². The van der Waals surface area contributed by atoms with E-state index < -0.39 is 0 Å². The normalized spacial score (nSPS) is 12.2. The van der Waals surface area contributed by atoms with Gasteiger partial charge in [0.25, 0.3) is 0 Å². The van der Waals surface area contributed by atoms with Crippen LogP contribution in [0.5, 0.6) is 0 Å². The van der Waals surface area contributed by atoms with Crippen molar-refractivity contribution in [2.75, 3.05) is 20.3 Å². The molecule has 27 heavy (non-hydrogen) atoms. The van der Waals surface area contributed by atoms with Crippen molar-refractivity contribution in [3.63, 3.8) is 0 Å². The number of ether oxygens (including phenoxy) is 1. The second-order valence-corrected chi connectivity index (χ2v) is 6.98. The first kappa shape index (κ1) is 19.2. The van der Waals surface area contributed by atoms with Crippen LogP contribution in [0.2, 0.25) is 0 Å². The molecule has 3 aromatic rings. The van der Waals surface area contributed by atoms with Gasteiger partial charge in [-0.25, -0.2) is 0 Å². The number of fused-ring (bicyclic) bond motifs is 1. The molecule has 0 spiro atoms. The summed E-state index contributed by atoms with van der Waals surface area (Å²) in [5.74, 6) is 0.261. The van der Waals surface area contributed by atoms with Crippen LogP contribution in [0.1, 0.15) is 29.9 Å². The minimum atomic E-state index is 0.0815. The highest BCUT2D eigenvalue weighted by Gasteiger charge is 2.20. The first-order valence-corrected chi connectivity index (χ1v) is 9.52. The van der Waals surface area contributed by atoms with E-state index in [2.05, 4.69) is 71.7 Å². The van der Waals surface area contributed by atoms with Gasteiger partial charge in [0.15, 0.2) is 0 Å². The number of aryl methyl sites for hydroxylation is 2. The van der Waals surface area contributed by atoms with Crippen LogP contribution in [0.25, 0.3) is 10.9 Å². The molecule has 0 aliphatic carbocycles. The van der Waals surface area contributed by atoms with Gasteiger partial charge < -0.3 is 14.6 Å². The van der Waals surface area contributed by atoms with Gasteiger partial charge in [-0.1, -0.05) is 48.5 Å². The molecule has 0 saturated heterocycles. The smallest absolute Gasteiger partial charge is 0.220 e. The monoisotopic (exact) mass is 364 g/mol. The molecule has 0 unspecified atom stereocenters. The van der Waals surface area contributed by atoms with Crippen molar-refractivity contribution >= 4 is 16.8 Å². The van der Waals surface area contributed by atoms with Gasteiger partial charge >= 0.3 is 0 Å². The first-order valence-electron chi connectivity index (χ1n) is 9.52. The van der Waals surface area contributed by atoms with E-state index in [1.165, 1.54) is 22.0 Å². The lowest BCUT2D eigenvalue weighted by atomic mass is 9.89. The van der Waals surface area contributed by atoms with Crippen LogP contribution in [0.15, 0.2) is 60.8 Å². The Morgan fingerprint density at radius 2 is 1.85 bits per heavy atom. The molecule has 2 aromatic carbocycles.